The van der Waals surface area contributed by atoms with Crippen molar-refractivity contribution in [3.05, 3.63) is 71.3 Å². The second kappa shape index (κ2) is 6.13. The molecule has 1 atom stereocenters. The van der Waals surface area contributed by atoms with Gasteiger partial charge in [0.2, 0.25) is 0 Å². The number of fused-ring (bicyclic) bond motifs is 1. The molecule has 4 aromatic rings. The van der Waals surface area contributed by atoms with Crippen molar-refractivity contribution in [1.82, 2.24) is 24.8 Å². The summed E-state index contributed by atoms with van der Waals surface area (Å²) in [5.74, 6) is -0.134. The van der Waals surface area contributed by atoms with Crippen molar-refractivity contribution < 1.29 is 13.9 Å². The fraction of sp³-hybridized carbons (Fsp3) is 0.167. The number of hydrogen-bond donors (Lipinski definition) is 3. The maximum Gasteiger partial charge on any atom is 0.187 e. The van der Waals surface area contributed by atoms with Crippen molar-refractivity contribution in [2.45, 2.75) is 19.4 Å². The molecule has 138 valence electrons. The van der Waals surface area contributed by atoms with Gasteiger partial charge in [-0.3, -0.25) is 5.10 Å². The Morgan fingerprint density at radius 3 is 2.56 bits per heavy atom. The van der Waals surface area contributed by atoms with Crippen LogP contribution in [0.3, 0.4) is 0 Å². The zero-order valence-electron chi connectivity index (χ0n) is 14.5. The van der Waals surface area contributed by atoms with Crippen LogP contribution in [0.5, 0.6) is 0 Å². The number of rotatable bonds is 4. The van der Waals surface area contributed by atoms with Crippen LogP contribution in [-0.2, 0) is 5.60 Å². The Kier molecular flexibility index (Phi) is 3.88. The van der Waals surface area contributed by atoms with E-state index in [1.54, 1.807) is 6.07 Å². The molecular weight excluding hydrogens is 354 g/mol. The molecule has 4 rings (SSSR count). The highest BCUT2D eigenvalue weighted by Gasteiger charge is 2.31. The van der Waals surface area contributed by atoms with E-state index in [2.05, 4.69) is 25.6 Å². The monoisotopic (exact) mass is 370 g/mol. The van der Waals surface area contributed by atoms with Crippen LogP contribution in [0.1, 0.15) is 24.0 Å². The molecule has 1 aromatic carbocycles. The lowest BCUT2D eigenvalue weighted by atomic mass is 9.95. The largest absolute Gasteiger partial charge is 0.377 e. The summed E-state index contributed by atoms with van der Waals surface area (Å²) in [5.41, 5.74) is -0.00693. The van der Waals surface area contributed by atoms with E-state index in [1.807, 2.05) is 6.92 Å². The second-order valence-corrected chi connectivity index (χ2v) is 6.41. The van der Waals surface area contributed by atoms with Crippen LogP contribution in [0, 0.1) is 18.6 Å². The topological polar surface area (TPSA) is 91.1 Å². The van der Waals surface area contributed by atoms with Crippen molar-refractivity contribution in [2.24, 2.45) is 0 Å². The molecule has 7 nitrogen and oxygen atoms in total. The van der Waals surface area contributed by atoms with Gasteiger partial charge in [-0.05, 0) is 31.5 Å². The Bertz CT molecular complexity index is 1120. The standard InChI is InChI=1S/C18H16F2N6O/c1-10-7-15(24-23-10)21-16-14-8-13(20)9-26(14)25-17(22-16)18(2,27)11-3-5-12(19)6-4-11/h3-9,27H,1-2H3,(H2,21,22,23,24,25). The highest BCUT2D eigenvalue weighted by Crippen LogP contribution is 2.29. The number of nitrogens with zero attached hydrogens (tertiary/aromatic N) is 4. The lowest BCUT2D eigenvalue weighted by Crippen LogP contribution is -2.27. The minimum absolute atomic E-state index is 0.0203. The first-order valence-corrected chi connectivity index (χ1v) is 8.17. The summed E-state index contributed by atoms with van der Waals surface area (Å²) in [4.78, 5) is 4.38. The average molecular weight is 370 g/mol. The maximum absolute atomic E-state index is 13.8. The molecular formula is C18H16F2N6O. The van der Waals surface area contributed by atoms with Gasteiger partial charge in [0.1, 0.15) is 22.8 Å². The number of aryl methyl sites for hydroxylation is 1. The van der Waals surface area contributed by atoms with Crippen LogP contribution in [-0.4, -0.2) is 29.9 Å². The predicted octanol–water partition coefficient (Wildman–Crippen LogP) is 3.04. The van der Waals surface area contributed by atoms with Gasteiger partial charge in [-0.15, -0.1) is 5.10 Å². The van der Waals surface area contributed by atoms with Gasteiger partial charge in [-0.2, -0.15) is 5.10 Å². The molecule has 3 heterocycles. The quantitative estimate of drug-likeness (QED) is 0.514. The number of aliphatic hydroxyl groups is 1. The summed E-state index contributed by atoms with van der Waals surface area (Å²) in [7, 11) is 0. The van der Waals surface area contributed by atoms with E-state index in [-0.39, 0.29) is 11.6 Å². The third-order valence-corrected chi connectivity index (χ3v) is 4.22. The number of aromatic amines is 1. The van der Waals surface area contributed by atoms with Gasteiger partial charge in [-0.1, -0.05) is 12.1 Å². The summed E-state index contributed by atoms with van der Waals surface area (Å²) in [6.07, 6.45) is 1.18. The van der Waals surface area contributed by atoms with Gasteiger partial charge in [0.25, 0.3) is 0 Å². The molecule has 3 aromatic heterocycles. The third kappa shape index (κ3) is 3.13. The molecule has 0 aliphatic rings. The molecule has 3 N–H and O–H groups in total. The number of hydrogen-bond acceptors (Lipinski definition) is 5. The van der Waals surface area contributed by atoms with Gasteiger partial charge < -0.3 is 10.4 Å². The Hall–Kier alpha value is -3.33. The number of benzene rings is 1. The number of H-pyrrole nitrogens is 1. The van der Waals surface area contributed by atoms with Crippen molar-refractivity contribution in [2.75, 3.05) is 5.32 Å². The molecule has 0 amide bonds. The molecule has 0 aliphatic carbocycles. The first-order valence-electron chi connectivity index (χ1n) is 8.17. The summed E-state index contributed by atoms with van der Waals surface area (Å²) < 4.78 is 28.3. The Morgan fingerprint density at radius 2 is 1.89 bits per heavy atom. The molecule has 0 bridgehead atoms. The van der Waals surface area contributed by atoms with E-state index in [4.69, 9.17) is 0 Å². The van der Waals surface area contributed by atoms with Crippen molar-refractivity contribution >= 4 is 17.2 Å². The molecule has 0 saturated carbocycles. The highest BCUT2D eigenvalue weighted by atomic mass is 19.1. The average Bonchev–Trinajstić information content (AvgIpc) is 3.20. The van der Waals surface area contributed by atoms with E-state index in [0.717, 1.165) is 5.69 Å². The number of aromatic nitrogens is 5. The van der Waals surface area contributed by atoms with E-state index in [9.17, 15) is 13.9 Å². The van der Waals surface area contributed by atoms with Crippen LogP contribution in [0.4, 0.5) is 20.4 Å². The van der Waals surface area contributed by atoms with E-state index in [0.29, 0.717) is 16.9 Å². The van der Waals surface area contributed by atoms with Crippen molar-refractivity contribution in [1.29, 1.82) is 0 Å². The Labute approximate surface area is 152 Å². The maximum atomic E-state index is 13.8. The zero-order chi connectivity index (χ0) is 19.2. The predicted molar refractivity (Wildman–Crippen MR) is 94.6 cm³/mol. The van der Waals surface area contributed by atoms with Crippen LogP contribution in [0.15, 0.2) is 42.6 Å². The zero-order valence-corrected chi connectivity index (χ0v) is 14.5. The SMILES string of the molecule is Cc1cc(Nc2nc(C(C)(O)c3ccc(F)cc3)nn3cc(F)cc23)n[nH]1. The van der Waals surface area contributed by atoms with Crippen molar-refractivity contribution in [3.8, 4) is 0 Å². The van der Waals surface area contributed by atoms with Crippen LogP contribution >= 0.6 is 0 Å². The lowest BCUT2D eigenvalue weighted by Gasteiger charge is -2.23. The lowest BCUT2D eigenvalue weighted by molar-refractivity contribution is 0.0907. The first kappa shape index (κ1) is 17.1. The molecule has 0 saturated heterocycles. The van der Waals surface area contributed by atoms with Gasteiger partial charge >= 0.3 is 0 Å². The van der Waals surface area contributed by atoms with E-state index in [1.165, 1.54) is 48.0 Å². The molecule has 0 fully saturated rings. The second-order valence-electron chi connectivity index (χ2n) is 6.41. The number of anilines is 2. The van der Waals surface area contributed by atoms with Crippen LogP contribution < -0.4 is 5.32 Å². The van der Waals surface area contributed by atoms with Crippen LogP contribution in [0.25, 0.3) is 5.52 Å². The minimum Gasteiger partial charge on any atom is -0.377 e. The Morgan fingerprint density at radius 1 is 1.15 bits per heavy atom. The van der Waals surface area contributed by atoms with E-state index >= 15 is 0 Å². The molecule has 27 heavy (non-hydrogen) atoms. The molecule has 0 spiro atoms. The first-order chi connectivity index (χ1) is 12.8. The summed E-state index contributed by atoms with van der Waals surface area (Å²) in [6, 6.07) is 8.41. The van der Waals surface area contributed by atoms with E-state index < -0.39 is 17.2 Å². The van der Waals surface area contributed by atoms with Gasteiger partial charge in [0.05, 0.1) is 6.20 Å². The normalized spacial score (nSPS) is 13.7. The fourth-order valence-electron chi connectivity index (χ4n) is 2.77. The van der Waals surface area contributed by atoms with Gasteiger partial charge in [0.15, 0.2) is 17.5 Å². The van der Waals surface area contributed by atoms with Crippen LogP contribution in [0.2, 0.25) is 0 Å². The van der Waals surface area contributed by atoms with Gasteiger partial charge in [0, 0.05) is 17.8 Å². The summed E-state index contributed by atoms with van der Waals surface area (Å²) in [6.45, 7) is 3.33. The number of halogens is 2. The van der Waals surface area contributed by atoms with Gasteiger partial charge in [-0.25, -0.2) is 18.3 Å². The number of nitrogens with one attached hydrogen (secondary N) is 2. The summed E-state index contributed by atoms with van der Waals surface area (Å²) in [5, 5.41) is 25.1. The smallest absolute Gasteiger partial charge is 0.187 e. The highest BCUT2D eigenvalue weighted by molar-refractivity contribution is 5.72. The summed E-state index contributed by atoms with van der Waals surface area (Å²) >= 11 is 0. The Balaban J connectivity index is 1.84. The molecule has 0 radical (unpaired) electrons. The fourth-order valence-corrected chi connectivity index (χ4v) is 2.77. The molecule has 1 unspecified atom stereocenters. The third-order valence-electron chi connectivity index (χ3n) is 4.22. The van der Waals surface area contributed by atoms with Crippen molar-refractivity contribution in [3.63, 3.8) is 0 Å². The molecule has 9 heteroatoms. The molecule has 0 aliphatic heterocycles. The minimum atomic E-state index is -1.62.